The molecule has 0 aliphatic heterocycles. The fraction of sp³-hybridized carbons (Fsp3) is 0.478. The van der Waals surface area contributed by atoms with Crippen LogP contribution in [0.15, 0.2) is 30.3 Å². The highest BCUT2D eigenvalue weighted by Gasteiger charge is 2.53. The smallest absolute Gasteiger partial charge is 0.262 e. The van der Waals surface area contributed by atoms with Gasteiger partial charge in [0.1, 0.15) is 15.7 Å². The third-order valence-corrected chi connectivity index (χ3v) is 8.80. The Morgan fingerprint density at radius 2 is 1.74 bits per heavy atom. The molecule has 3 aromatic rings. The second kappa shape index (κ2) is 7.14. The van der Waals surface area contributed by atoms with Crippen LogP contribution < -0.4 is 5.32 Å². The molecule has 0 saturated heterocycles. The summed E-state index contributed by atoms with van der Waals surface area (Å²) in [6.45, 7) is 1.79. The summed E-state index contributed by atoms with van der Waals surface area (Å²) < 4.78 is 1.59. The minimum Gasteiger partial charge on any atom is -0.296 e. The van der Waals surface area contributed by atoms with Crippen LogP contribution in [0.5, 0.6) is 0 Å². The van der Waals surface area contributed by atoms with Crippen LogP contribution >= 0.6 is 22.9 Å². The topological polar surface area (TPSA) is 72.7 Å². The van der Waals surface area contributed by atoms with E-state index in [1.165, 1.54) is 49.9 Å². The van der Waals surface area contributed by atoms with Crippen molar-refractivity contribution in [2.45, 2.75) is 50.9 Å². The highest BCUT2D eigenvalue weighted by atomic mass is 35.5. The molecule has 160 valence electrons. The van der Waals surface area contributed by atoms with E-state index in [9.17, 15) is 4.79 Å². The molecule has 1 amide bonds. The molecular formula is C23H24ClN5OS. The van der Waals surface area contributed by atoms with E-state index in [4.69, 9.17) is 11.6 Å². The van der Waals surface area contributed by atoms with Gasteiger partial charge in [0, 0.05) is 5.41 Å². The summed E-state index contributed by atoms with van der Waals surface area (Å²) in [6, 6.07) is 9.56. The zero-order chi connectivity index (χ0) is 21.2. The number of carbonyl (C=O) groups is 1. The van der Waals surface area contributed by atoms with Crippen molar-refractivity contribution in [2.24, 2.45) is 17.8 Å². The van der Waals surface area contributed by atoms with E-state index in [0.717, 1.165) is 28.4 Å². The first-order chi connectivity index (χ1) is 15.0. The molecule has 2 aromatic heterocycles. The molecule has 0 radical (unpaired) electrons. The van der Waals surface area contributed by atoms with Crippen LogP contribution in [-0.2, 0) is 5.41 Å². The van der Waals surface area contributed by atoms with Gasteiger partial charge in [0.25, 0.3) is 5.91 Å². The lowest BCUT2D eigenvalue weighted by Gasteiger charge is -2.55. The maximum absolute atomic E-state index is 13.0. The number of nitrogens with zero attached hydrogens (tertiary/aromatic N) is 4. The van der Waals surface area contributed by atoms with E-state index in [1.807, 2.05) is 30.3 Å². The van der Waals surface area contributed by atoms with Crippen molar-refractivity contribution in [1.82, 2.24) is 20.0 Å². The molecule has 1 N–H and O–H groups in total. The first-order valence-electron chi connectivity index (χ1n) is 11.0. The number of nitrogens with one attached hydrogen (secondary N) is 1. The second-order valence-electron chi connectivity index (χ2n) is 9.56. The van der Waals surface area contributed by atoms with Crippen molar-refractivity contribution in [3.63, 3.8) is 0 Å². The predicted molar refractivity (Wildman–Crippen MR) is 121 cm³/mol. The second-order valence-corrected chi connectivity index (χ2v) is 10.9. The van der Waals surface area contributed by atoms with Crippen molar-refractivity contribution in [3.8, 4) is 5.69 Å². The fourth-order valence-corrected chi connectivity index (χ4v) is 7.83. The zero-order valence-corrected chi connectivity index (χ0v) is 18.9. The van der Waals surface area contributed by atoms with Gasteiger partial charge in [-0.2, -0.15) is 5.10 Å². The molecule has 0 spiro atoms. The van der Waals surface area contributed by atoms with E-state index < -0.39 is 0 Å². The summed E-state index contributed by atoms with van der Waals surface area (Å²) in [6.07, 6.45) is 7.88. The van der Waals surface area contributed by atoms with Gasteiger partial charge in [0.2, 0.25) is 5.13 Å². The number of amides is 1. The van der Waals surface area contributed by atoms with Gasteiger partial charge in [-0.1, -0.05) is 41.1 Å². The molecular weight excluding hydrogens is 430 g/mol. The number of halogens is 1. The average molecular weight is 454 g/mol. The number of para-hydroxylation sites is 1. The number of aromatic nitrogens is 4. The summed E-state index contributed by atoms with van der Waals surface area (Å²) in [4.78, 5) is 13.0. The maximum Gasteiger partial charge on any atom is 0.262 e. The number of hydrogen-bond acceptors (Lipinski definition) is 5. The van der Waals surface area contributed by atoms with E-state index in [0.29, 0.717) is 21.5 Å². The Balaban J connectivity index is 1.25. The molecule has 8 heteroatoms. The molecule has 4 fully saturated rings. The highest BCUT2D eigenvalue weighted by Crippen LogP contribution is 2.61. The number of hydrogen-bond donors (Lipinski definition) is 1. The van der Waals surface area contributed by atoms with Gasteiger partial charge in [-0.05, 0) is 75.3 Å². The van der Waals surface area contributed by atoms with Gasteiger partial charge in [-0.25, -0.2) is 4.68 Å². The number of aryl methyl sites for hydroxylation is 1. The molecule has 4 saturated carbocycles. The number of benzene rings is 1. The Bertz CT molecular complexity index is 1120. The van der Waals surface area contributed by atoms with Crippen LogP contribution in [0.3, 0.4) is 0 Å². The van der Waals surface area contributed by atoms with Crippen LogP contribution in [0.4, 0.5) is 5.13 Å². The average Bonchev–Trinajstić information content (AvgIpc) is 3.32. The summed E-state index contributed by atoms with van der Waals surface area (Å²) in [5.74, 6) is 2.24. The third kappa shape index (κ3) is 3.21. The molecule has 7 rings (SSSR count). The largest absolute Gasteiger partial charge is 0.296 e. The van der Waals surface area contributed by atoms with E-state index in [-0.39, 0.29) is 11.3 Å². The van der Waals surface area contributed by atoms with E-state index >= 15 is 0 Å². The third-order valence-electron chi connectivity index (χ3n) is 7.37. The Morgan fingerprint density at radius 3 is 2.39 bits per heavy atom. The minimum atomic E-state index is -0.294. The predicted octanol–water partition coefficient (Wildman–Crippen LogP) is 5.41. The summed E-state index contributed by atoms with van der Waals surface area (Å²) in [7, 11) is 0. The van der Waals surface area contributed by atoms with Gasteiger partial charge in [0.15, 0.2) is 0 Å². The molecule has 1 aromatic carbocycles. The molecule has 4 aliphatic rings. The lowest BCUT2D eigenvalue weighted by molar-refractivity contribution is -0.00555. The zero-order valence-electron chi connectivity index (χ0n) is 17.3. The Morgan fingerprint density at radius 1 is 1.10 bits per heavy atom. The van der Waals surface area contributed by atoms with E-state index in [2.05, 4.69) is 20.6 Å². The SMILES string of the molecule is Cc1nn(-c2ccccc2)c(Cl)c1C(=O)Nc1nnc(C23CC4CC(CC(C4)C2)C3)s1. The quantitative estimate of drug-likeness (QED) is 0.573. The molecule has 0 atom stereocenters. The van der Waals surface area contributed by atoms with Crippen LogP contribution in [-0.4, -0.2) is 25.9 Å². The van der Waals surface area contributed by atoms with Crippen molar-refractivity contribution >= 4 is 34.0 Å². The van der Waals surface area contributed by atoms with Crippen LogP contribution in [0, 0.1) is 24.7 Å². The molecule has 4 bridgehead atoms. The van der Waals surface area contributed by atoms with Gasteiger partial charge in [-0.15, -0.1) is 10.2 Å². The molecule has 0 unspecified atom stereocenters. The normalized spacial score (nSPS) is 28.8. The maximum atomic E-state index is 13.0. The van der Waals surface area contributed by atoms with E-state index in [1.54, 1.807) is 11.6 Å². The number of anilines is 1. The van der Waals surface area contributed by atoms with Gasteiger partial charge < -0.3 is 0 Å². The van der Waals surface area contributed by atoms with Crippen molar-refractivity contribution in [3.05, 3.63) is 51.7 Å². The number of carbonyl (C=O) groups excluding carboxylic acids is 1. The van der Waals surface area contributed by atoms with Gasteiger partial charge in [0.05, 0.1) is 11.4 Å². The van der Waals surface area contributed by atoms with Gasteiger partial charge in [-0.3, -0.25) is 10.1 Å². The lowest BCUT2D eigenvalue weighted by Crippen LogP contribution is -2.48. The summed E-state index contributed by atoms with van der Waals surface area (Å²) in [5, 5.41) is 18.2. The molecule has 2 heterocycles. The first kappa shape index (κ1) is 19.4. The standard InChI is InChI=1S/C23H24ClN5OS/c1-13-18(19(24)29(28-13)17-5-3-2-4-6-17)20(30)25-22-27-26-21(31-22)23-10-14-7-15(11-23)9-16(8-14)12-23/h2-6,14-16H,7-12H2,1H3,(H,25,27,30). The van der Waals surface area contributed by atoms with Gasteiger partial charge >= 0.3 is 0 Å². The Labute approximate surface area is 190 Å². The number of rotatable bonds is 4. The van der Waals surface area contributed by atoms with Crippen molar-refractivity contribution in [1.29, 1.82) is 0 Å². The molecule has 6 nitrogen and oxygen atoms in total. The minimum absolute atomic E-state index is 0.182. The Kier molecular flexibility index (Phi) is 4.47. The van der Waals surface area contributed by atoms with Crippen molar-refractivity contribution in [2.75, 3.05) is 5.32 Å². The lowest BCUT2D eigenvalue weighted by atomic mass is 9.50. The Hall–Kier alpha value is -2.25. The fourth-order valence-electron chi connectivity index (χ4n) is 6.52. The molecule has 31 heavy (non-hydrogen) atoms. The summed E-state index contributed by atoms with van der Waals surface area (Å²) >= 11 is 8.08. The first-order valence-corrected chi connectivity index (χ1v) is 12.2. The highest BCUT2D eigenvalue weighted by molar-refractivity contribution is 7.15. The monoisotopic (exact) mass is 453 g/mol. The van der Waals surface area contributed by atoms with Crippen LogP contribution in [0.2, 0.25) is 5.15 Å². The summed E-state index contributed by atoms with van der Waals surface area (Å²) in [5.41, 5.74) is 1.95. The van der Waals surface area contributed by atoms with Crippen molar-refractivity contribution < 1.29 is 4.79 Å². The van der Waals surface area contributed by atoms with Crippen LogP contribution in [0.25, 0.3) is 5.69 Å². The molecule has 4 aliphatic carbocycles. The van der Waals surface area contributed by atoms with Crippen LogP contribution in [0.1, 0.15) is 59.6 Å².